The minimum Gasteiger partial charge on any atom is -0.0730 e. The summed E-state index contributed by atoms with van der Waals surface area (Å²) in [4.78, 5) is 0. The average molecular weight is 405 g/mol. The van der Waals surface area contributed by atoms with Gasteiger partial charge in [0.05, 0.1) is 0 Å². The first-order valence-electron chi connectivity index (χ1n) is 13.1. The Labute approximate surface area is 186 Å². The van der Waals surface area contributed by atoms with Gasteiger partial charge in [-0.15, -0.1) is 0 Å². The van der Waals surface area contributed by atoms with Gasteiger partial charge in [-0.25, -0.2) is 0 Å². The van der Waals surface area contributed by atoms with Gasteiger partial charge in [0, 0.05) is 5.56 Å². The maximum Gasteiger partial charge on any atom is 0.0249 e. The average Bonchev–Trinajstić information content (AvgIpc) is 2.79. The van der Waals surface area contributed by atoms with Crippen molar-refractivity contribution in [1.82, 2.24) is 0 Å². The van der Waals surface area contributed by atoms with Crippen molar-refractivity contribution in [3.63, 3.8) is 0 Å². The van der Waals surface area contributed by atoms with E-state index in [0.29, 0.717) is 0 Å². The van der Waals surface area contributed by atoms with Crippen molar-refractivity contribution in [2.75, 3.05) is 0 Å². The van der Waals surface area contributed by atoms with Crippen molar-refractivity contribution in [2.24, 2.45) is 17.8 Å². The summed E-state index contributed by atoms with van der Waals surface area (Å²) in [6.45, 7) is 4.62. The highest BCUT2D eigenvalue weighted by Gasteiger charge is 2.22. The van der Waals surface area contributed by atoms with Gasteiger partial charge >= 0.3 is 0 Å². The summed E-state index contributed by atoms with van der Waals surface area (Å²) in [5, 5.41) is 0. The normalized spacial score (nSPS) is 27.0. The third-order valence-electron chi connectivity index (χ3n) is 7.70. The van der Waals surface area contributed by atoms with Gasteiger partial charge in [-0.1, -0.05) is 82.4 Å². The van der Waals surface area contributed by atoms with Crippen LogP contribution < -0.4 is 0 Å². The molecule has 2 fully saturated rings. The van der Waals surface area contributed by atoms with Crippen LogP contribution in [-0.2, 0) is 0 Å². The van der Waals surface area contributed by atoms with Crippen LogP contribution in [0.5, 0.6) is 0 Å². The zero-order valence-electron chi connectivity index (χ0n) is 19.7. The number of unbranched alkanes of at least 4 members (excludes halogenated alkanes) is 2. The molecular weight excluding hydrogens is 360 g/mol. The summed E-state index contributed by atoms with van der Waals surface area (Å²) in [6, 6.07) is 9.15. The minimum atomic E-state index is 0.756. The van der Waals surface area contributed by atoms with E-state index in [2.05, 4.69) is 62.1 Å². The van der Waals surface area contributed by atoms with Crippen molar-refractivity contribution < 1.29 is 0 Å². The molecule has 0 saturated heterocycles. The van der Waals surface area contributed by atoms with E-state index < -0.39 is 0 Å². The summed E-state index contributed by atoms with van der Waals surface area (Å²) in [5.41, 5.74) is 2.69. The Kier molecular flexibility index (Phi) is 10.1. The van der Waals surface area contributed by atoms with Crippen LogP contribution in [0, 0.1) is 29.6 Å². The van der Waals surface area contributed by atoms with E-state index in [0.717, 1.165) is 29.2 Å². The summed E-state index contributed by atoms with van der Waals surface area (Å²) in [5.74, 6) is 10.1. The van der Waals surface area contributed by atoms with Gasteiger partial charge in [0.25, 0.3) is 0 Å². The van der Waals surface area contributed by atoms with Crippen molar-refractivity contribution in [1.29, 1.82) is 0 Å². The van der Waals surface area contributed by atoms with Gasteiger partial charge in [0.1, 0.15) is 0 Å². The van der Waals surface area contributed by atoms with Crippen LogP contribution in [0.25, 0.3) is 0 Å². The molecule has 2 aliphatic rings. The SMILES string of the molecule is CCCCCC1CCC(c2ccc(C#CC=CC3CCC(CCC)CC3)cc2)CC1. The lowest BCUT2D eigenvalue weighted by Crippen LogP contribution is -2.13. The molecular formula is C30H44. The van der Waals surface area contributed by atoms with Gasteiger partial charge in [0.15, 0.2) is 0 Å². The fourth-order valence-electron chi connectivity index (χ4n) is 5.69. The summed E-state index contributed by atoms with van der Waals surface area (Å²) < 4.78 is 0. The van der Waals surface area contributed by atoms with Crippen LogP contribution in [0.4, 0.5) is 0 Å². The zero-order valence-corrected chi connectivity index (χ0v) is 19.7. The highest BCUT2D eigenvalue weighted by molar-refractivity contribution is 5.39. The van der Waals surface area contributed by atoms with Gasteiger partial charge in [-0.3, -0.25) is 0 Å². The molecule has 0 N–H and O–H groups in total. The maximum atomic E-state index is 3.34. The van der Waals surface area contributed by atoms with Crippen LogP contribution in [-0.4, -0.2) is 0 Å². The lowest BCUT2D eigenvalue weighted by atomic mass is 9.77. The molecule has 0 bridgehead atoms. The lowest BCUT2D eigenvalue weighted by Gasteiger charge is -2.29. The van der Waals surface area contributed by atoms with Crippen molar-refractivity contribution in [3.8, 4) is 11.8 Å². The van der Waals surface area contributed by atoms with E-state index >= 15 is 0 Å². The number of allylic oxidation sites excluding steroid dienone is 2. The van der Waals surface area contributed by atoms with E-state index in [4.69, 9.17) is 0 Å². The van der Waals surface area contributed by atoms with E-state index in [1.54, 1.807) is 0 Å². The number of rotatable bonds is 8. The molecule has 0 radical (unpaired) electrons. The Balaban J connectivity index is 1.40. The summed E-state index contributed by atoms with van der Waals surface area (Å²) in [6.07, 6.45) is 24.1. The first-order valence-corrected chi connectivity index (χ1v) is 13.1. The molecule has 0 unspecified atom stereocenters. The van der Waals surface area contributed by atoms with E-state index in [1.807, 2.05) is 0 Å². The van der Waals surface area contributed by atoms with E-state index in [9.17, 15) is 0 Å². The fraction of sp³-hybridized carbons (Fsp3) is 0.667. The third-order valence-corrected chi connectivity index (χ3v) is 7.70. The number of hydrogen-bond donors (Lipinski definition) is 0. The molecule has 30 heavy (non-hydrogen) atoms. The molecule has 0 heterocycles. The van der Waals surface area contributed by atoms with E-state index in [1.165, 1.54) is 95.5 Å². The smallest absolute Gasteiger partial charge is 0.0249 e. The van der Waals surface area contributed by atoms with Gasteiger partial charge in [-0.05, 0) is 98.8 Å². The molecule has 0 aromatic heterocycles. The maximum absolute atomic E-state index is 3.34. The summed E-state index contributed by atoms with van der Waals surface area (Å²) >= 11 is 0. The Morgan fingerprint density at radius 1 is 0.767 bits per heavy atom. The quantitative estimate of drug-likeness (QED) is 0.299. The third kappa shape index (κ3) is 7.65. The monoisotopic (exact) mass is 404 g/mol. The standard InChI is InChI=1S/C30H44/c1-3-5-6-10-27-17-21-29(22-18-27)30-23-19-28(20-24-30)12-8-7-11-26-15-13-25(9-4-2)14-16-26/h7,11,19-20,23-27,29H,3-6,9-10,13-18,21-22H2,1-2H3. The highest BCUT2D eigenvalue weighted by atomic mass is 14.3. The second-order valence-corrected chi connectivity index (χ2v) is 10.0. The first kappa shape index (κ1) is 23.2. The Morgan fingerprint density at radius 2 is 1.43 bits per heavy atom. The molecule has 0 spiro atoms. The topological polar surface area (TPSA) is 0 Å². The van der Waals surface area contributed by atoms with Crippen molar-refractivity contribution in [2.45, 2.75) is 110 Å². The Morgan fingerprint density at radius 3 is 2.10 bits per heavy atom. The molecule has 0 atom stereocenters. The Hall–Kier alpha value is -1.48. The molecule has 0 amide bonds. The Bertz CT molecular complexity index is 667. The second kappa shape index (κ2) is 13.0. The molecule has 1 aromatic carbocycles. The molecule has 2 saturated carbocycles. The molecule has 164 valence electrons. The first-order chi connectivity index (χ1) is 14.8. The molecule has 1 aromatic rings. The fourth-order valence-corrected chi connectivity index (χ4v) is 5.69. The van der Waals surface area contributed by atoms with Crippen molar-refractivity contribution in [3.05, 3.63) is 47.5 Å². The van der Waals surface area contributed by atoms with E-state index in [-0.39, 0.29) is 0 Å². The largest absolute Gasteiger partial charge is 0.0730 e. The van der Waals surface area contributed by atoms with Gasteiger partial charge in [0.2, 0.25) is 0 Å². The van der Waals surface area contributed by atoms with Crippen LogP contribution in [0.2, 0.25) is 0 Å². The molecule has 0 nitrogen and oxygen atoms in total. The van der Waals surface area contributed by atoms with Crippen LogP contribution in [0.15, 0.2) is 36.4 Å². The molecule has 0 heteroatoms. The number of benzene rings is 1. The van der Waals surface area contributed by atoms with Gasteiger partial charge in [-0.2, -0.15) is 0 Å². The summed E-state index contributed by atoms with van der Waals surface area (Å²) in [7, 11) is 0. The predicted octanol–water partition coefficient (Wildman–Crippen LogP) is 9.05. The van der Waals surface area contributed by atoms with Crippen molar-refractivity contribution >= 4 is 0 Å². The zero-order chi connectivity index (χ0) is 21.0. The predicted molar refractivity (Wildman–Crippen MR) is 132 cm³/mol. The molecule has 3 rings (SSSR count). The van der Waals surface area contributed by atoms with Gasteiger partial charge < -0.3 is 0 Å². The van der Waals surface area contributed by atoms with Crippen LogP contribution >= 0.6 is 0 Å². The second-order valence-electron chi connectivity index (χ2n) is 10.0. The van der Waals surface area contributed by atoms with Crippen LogP contribution in [0.1, 0.15) is 121 Å². The minimum absolute atomic E-state index is 0.756. The highest BCUT2D eigenvalue weighted by Crippen LogP contribution is 2.37. The lowest BCUT2D eigenvalue weighted by molar-refractivity contribution is 0.294. The molecule has 0 aliphatic heterocycles. The van der Waals surface area contributed by atoms with Crippen LogP contribution in [0.3, 0.4) is 0 Å². The molecule has 2 aliphatic carbocycles. The number of hydrogen-bond acceptors (Lipinski definition) is 0.